The summed E-state index contributed by atoms with van der Waals surface area (Å²) in [6.45, 7) is -0.124. The van der Waals surface area contributed by atoms with E-state index in [1.165, 1.54) is 29.5 Å². The van der Waals surface area contributed by atoms with Gasteiger partial charge in [0.15, 0.2) is 22.7 Å². The predicted molar refractivity (Wildman–Crippen MR) is 129 cm³/mol. The number of fused-ring (bicyclic) bond motifs is 1. The largest absolute Gasteiger partial charge is 0.504 e. The van der Waals surface area contributed by atoms with Crippen LogP contribution >= 0.6 is 0 Å². The molecule has 12 nitrogen and oxygen atoms in total. The molecule has 182 valence electrons. The predicted octanol–water partition coefficient (Wildman–Crippen LogP) is 1.02. The Morgan fingerprint density at radius 1 is 1.20 bits per heavy atom. The summed E-state index contributed by atoms with van der Waals surface area (Å²) in [6, 6.07) is 13.9. The number of hydrogen-bond acceptors (Lipinski definition) is 9. The lowest BCUT2D eigenvalue weighted by atomic mass is 10.2. The summed E-state index contributed by atoms with van der Waals surface area (Å²) < 4.78 is 13.3. The normalized spacial score (nSPS) is 12.2. The molecule has 4 aromatic rings. The van der Waals surface area contributed by atoms with E-state index in [4.69, 9.17) is 9.47 Å². The van der Waals surface area contributed by atoms with Crippen LogP contribution in [0.4, 0.5) is 5.95 Å². The van der Waals surface area contributed by atoms with Crippen LogP contribution in [-0.4, -0.2) is 55.4 Å². The van der Waals surface area contributed by atoms with Crippen LogP contribution in [0, 0.1) is 0 Å². The Hall–Kier alpha value is -4.58. The van der Waals surface area contributed by atoms with Crippen molar-refractivity contribution < 1.29 is 19.7 Å². The molecule has 2 aromatic carbocycles. The number of anilines is 1. The first-order valence-corrected chi connectivity index (χ1v) is 10.6. The van der Waals surface area contributed by atoms with Crippen molar-refractivity contribution in [2.45, 2.75) is 12.6 Å². The number of imidazole rings is 1. The molecule has 0 aliphatic rings. The number of nitrogens with zero attached hydrogens (tertiary/aromatic N) is 4. The lowest BCUT2D eigenvalue weighted by Crippen LogP contribution is -2.30. The van der Waals surface area contributed by atoms with Gasteiger partial charge in [-0.15, -0.1) is 0 Å². The number of aromatic nitrogens is 4. The number of ether oxygens (including phenoxy) is 2. The Labute approximate surface area is 198 Å². The molecule has 35 heavy (non-hydrogen) atoms. The Kier molecular flexibility index (Phi) is 6.83. The fraction of sp³-hybridized carbons (Fsp3) is 0.217. The number of aromatic amines is 1. The molecule has 0 aliphatic heterocycles. The van der Waals surface area contributed by atoms with Crippen molar-refractivity contribution >= 4 is 23.3 Å². The Morgan fingerprint density at radius 2 is 1.97 bits per heavy atom. The van der Waals surface area contributed by atoms with Crippen molar-refractivity contribution in [1.29, 1.82) is 0 Å². The van der Waals surface area contributed by atoms with Gasteiger partial charge < -0.3 is 24.3 Å². The minimum Gasteiger partial charge on any atom is -0.504 e. The standard InChI is InChI=1S/C23H24N6O6/c1-28-20-18(21(32)26-23(28)33)29(12-15(30)13-35-16-8-4-3-5-9-16)22(25-20)27-24-11-14-7-6-10-17(34-2)19(14)31/h3-11,15,30-31H,12-13H2,1-2H3,(H,25,27)(H,26,32,33)/b24-11-/t15-/m1/s1. The second kappa shape index (κ2) is 10.1. The summed E-state index contributed by atoms with van der Waals surface area (Å²) in [4.78, 5) is 31.2. The minimum absolute atomic E-state index is 0.0479. The van der Waals surface area contributed by atoms with Gasteiger partial charge in [-0.05, 0) is 24.3 Å². The zero-order chi connectivity index (χ0) is 24.9. The Balaban J connectivity index is 1.64. The molecular weight excluding hydrogens is 456 g/mol. The van der Waals surface area contributed by atoms with Crippen LogP contribution in [0.3, 0.4) is 0 Å². The number of aryl methyl sites for hydroxylation is 1. The van der Waals surface area contributed by atoms with E-state index < -0.39 is 17.4 Å². The second-order valence-corrected chi connectivity index (χ2v) is 7.58. The van der Waals surface area contributed by atoms with Gasteiger partial charge in [-0.1, -0.05) is 24.3 Å². The first kappa shape index (κ1) is 23.6. The number of phenolic OH excluding ortho intramolecular Hbond substituents is 1. The SMILES string of the molecule is COc1cccc(/C=N\Nc2nc3c(c(=O)[nH]c(=O)n3C)n2C[C@@H](O)COc2ccccc2)c1O. The number of aromatic hydroxyl groups is 1. The van der Waals surface area contributed by atoms with Crippen molar-refractivity contribution in [3.8, 4) is 17.2 Å². The maximum Gasteiger partial charge on any atom is 0.329 e. The molecule has 0 unspecified atom stereocenters. The summed E-state index contributed by atoms with van der Waals surface area (Å²) in [5.41, 5.74) is 1.99. The van der Waals surface area contributed by atoms with Gasteiger partial charge in [-0.3, -0.25) is 14.3 Å². The summed E-state index contributed by atoms with van der Waals surface area (Å²) >= 11 is 0. The highest BCUT2D eigenvalue weighted by atomic mass is 16.5. The van der Waals surface area contributed by atoms with Crippen molar-refractivity contribution in [3.05, 3.63) is 74.9 Å². The first-order valence-electron chi connectivity index (χ1n) is 10.6. The molecule has 0 radical (unpaired) electrons. The number of para-hydroxylation sites is 2. The van der Waals surface area contributed by atoms with Gasteiger partial charge in [0.1, 0.15) is 18.5 Å². The van der Waals surface area contributed by atoms with Crippen LogP contribution in [0.1, 0.15) is 5.56 Å². The van der Waals surface area contributed by atoms with Crippen molar-refractivity contribution in [2.75, 3.05) is 19.1 Å². The second-order valence-electron chi connectivity index (χ2n) is 7.58. The van der Waals surface area contributed by atoms with Crippen LogP contribution in [0.15, 0.2) is 63.2 Å². The molecule has 0 fully saturated rings. The number of nitrogens with one attached hydrogen (secondary N) is 2. The number of benzene rings is 2. The van der Waals surface area contributed by atoms with Crippen molar-refractivity contribution in [1.82, 2.24) is 19.1 Å². The number of H-pyrrole nitrogens is 1. The van der Waals surface area contributed by atoms with Crippen LogP contribution in [-0.2, 0) is 13.6 Å². The monoisotopic (exact) mass is 480 g/mol. The molecule has 1 atom stereocenters. The zero-order valence-corrected chi connectivity index (χ0v) is 19.0. The van der Waals surface area contributed by atoms with Gasteiger partial charge in [0.25, 0.3) is 5.56 Å². The third-order valence-electron chi connectivity index (χ3n) is 5.20. The van der Waals surface area contributed by atoms with Crippen molar-refractivity contribution in [3.63, 3.8) is 0 Å². The smallest absolute Gasteiger partial charge is 0.329 e. The molecule has 4 rings (SSSR count). The van der Waals surface area contributed by atoms with E-state index in [-0.39, 0.29) is 41.8 Å². The number of aliphatic hydroxyl groups is 1. The average Bonchev–Trinajstić information content (AvgIpc) is 3.21. The van der Waals surface area contributed by atoms with Gasteiger partial charge in [0.2, 0.25) is 5.95 Å². The molecule has 4 N–H and O–H groups in total. The number of hydrazone groups is 1. The number of phenols is 1. The summed E-state index contributed by atoms with van der Waals surface area (Å²) in [6.07, 6.45) is 0.330. The van der Waals surface area contributed by atoms with Crippen LogP contribution in [0.2, 0.25) is 0 Å². The topological polar surface area (TPSA) is 156 Å². The molecule has 0 bridgehead atoms. The molecule has 0 saturated heterocycles. The fourth-order valence-electron chi connectivity index (χ4n) is 3.44. The third kappa shape index (κ3) is 5.01. The molecule has 2 aromatic heterocycles. The van der Waals surface area contributed by atoms with Crippen LogP contribution in [0.5, 0.6) is 17.2 Å². The number of aliphatic hydroxyl groups excluding tert-OH is 1. The maximum atomic E-state index is 12.6. The molecule has 0 saturated carbocycles. The van der Waals surface area contributed by atoms with E-state index in [9.17, 15) is 19.8 Å². The van der Waals surface area contributed by atoms with E-state index in [1.54, 1.807) is 30.3 Å². The lowest BCUT2D eigenvalue weighted by Gasteiger charge is -2.15. The molecule has 0 amide bonds. The highest BCUT2D eigenvalue weighted by Crippen LogP contribution is 2.28. The quantitative estimate of drug-likeness (QED) is 0.204. The number of hydrogen-bond donors (Lipinski definition) is 4. The van der Waals surface area contributed by atoms with Gasteiger partial charge in [-0.25, -0.2) is 10.2 Å². The average molecular weight is 480 g/mol. The Morgan fingerprint density at radius 3 is 2.71 bits per heavy atom. The number of rotatable bonds is 9. The fourth-order valence-corrected chi connectivity index (χ4v) is 3.44. The molecule has 12 heteroatoms. The molecule has 0 aliphatic carbocycles. The lowest BCUT2D eigenvalue weighted by molar-refractivity contribution is 0.0938. The molecule has 0 spiro atoms. The van der Waals surface area contributed by atoms with Gasteiger partial charge in [0.05, 0.1) is 19.9 Å². The highest BCUT2D eigenvalue weighted by molar-refractivity contribution is 5.85. The summed E-state index contributed by atoms with van der Waals surface area (Å²) in [5.74, 6) is 0.873. The van der Waals surface area contributed by atoms with Crippen molar-refractivity contribution in [2.24, 2.45) is 12.1 Å². The highest BCUT2D eigenvalue weighted by Gasteiger charge is 2.20. The van der Waals surface area contributed by atoms with Gasteiger partial charge in [-0.2, -0.15) is 10.1 Å². The van der Waals surface area contributed by atoms with E-state index in [0.717, 1.165) is 0 Å². The summed E-state index contributed by atoms with van der Waals surface area (Å²) in [7, 11) is 2.90. The van der Waals surface area contributed by atoms with E-state index >= 15 is 0 Å². The van der Waals surface area contributed by atoms with E-state index in [1.807, 2.05) is 18.2 Å². The van der Waals surface area contributed by atoms with Gasteiger partial charge >= 0.3 is 5.69 Å². The van der Waals surface area contributed by atoms with E-state index in [2.05, 4.69) is 20.5 Å². The maximum absolute atomic E-state index is 12.6. The first-order chi connectivity index (χ1) is 16.9. The Bertz CT molecular complexity index is 1470. The molecule has 2 heterocycles. The van der Waals surface area contributed by atoms with Gasteiger partial charge in [0, 0.05) is 12.6 Å². The minimum atomic E-state index is -1.02. The van der Waals surface area contributed by atoms with E-state index in [0.29, 0.717) is 11.3 Å². The molecular formula is C23H24N6O6. The zero-order valence-electron chi connectivity index (χ0n) is 19.0. The third-order valence-corrected chi connectivity index (χ3v) is 5.20. The summed E-state index contributed by atoms with van der Waals surface area (Å²) in [5, 5.41) is 24.9. The van der Waals surface area contributed by atoms with Crippen LogP contribution < -0.4 is 26.1 Å². The number of methoxy groups -OCH3 is 1. The van der Waals surface area contributed by atoms with Crippen LogP contribution in [0.25, 0.3) is 11.2 Å².